The molecule has 1 fully saturated rings. The normalized spacial score (nSPS) is 21.5. The Labute approximate surface area is 136 Å². The first kappa shape index (κ1) is 15.7. The smallest absolute Gasteiger partial charge is 0.323 e. The molecule has 2 aromatic heterocycles. The van der Waals surface area contributed by atoms with E-state index in [0.717, 1.165) is 4.90 Å². The topological polar surface area (TPSA) is 83.8 Å². The Bertz CT molecular complexity index is 841. The van der Waals surface area contributed by atoms with E-state index in [1.165, 1.54) is 21.8 Å². The van der Waals surface area contributed by atoms with E-state index in [9.17, 15) is 14.4 Å². The molecule has 1 aliphatic heterocycles. The summed E-state index contributed by atoms with van der Waals surface area (Å²) in [5.74, 6) is -0.00110. The fraction of sp³-hybridized carbons (Fsp3) is 0.467. The Morgan fingerprint density at radius 2 is 2.09 bits per heavy atom. The number of carbonyl (C=O) groups excluding carboxylic acids is 2. The number of hydrogen-bond donors (Lipinski definition) is 1. The summed E-state index contributed by atoms with van der Waals surface area (Å²) in [6, 6.07) is 0.921. The van der Waals surface area contributed by atoms with Gasteiger partial charge in [0, 0.05) is 17.6 Å². The third-order valence-corrected chi connectivity index (χ3v) is 4.59. The Hall–Kier alpha value is -2.22. The molecule has 0 aromatic carbocycles. The molecule has 1 aliphatic rings. The molecule has 8 heteroatoms. The summed E-state index contributed by atoms with van der Waals surface area (Å²) in [6.07, 6.45) is 2.21. The molecule has 7 nitrogen and oxygen atoms in total. The highest BCUT2D eigenvalue weighted by Crippen LogP contribution is 2.26. The maximum atomic E-state index is 12.6. The summed E-state index contributed by atoms with van der Waals surface area (Å²) in [5.41, 5.74) is -0.703. The largest absolute Gasteiger partial charge is 0.325 e. The van der Waals surface area contributed by atoms with Crippen molar-refractivity contribution in [3.63, 3.8) is 0 Å². The second-order valence-corrected chi connectivity index (χ2v) is 7.27. The van der Waals surface area contributed by atoms with Crippen LogP contribution in [0.15, 0.2) is 22.4 Å². The zero-order valence-electron chi connectivity index (χ0n) is 13.2. The van der Waals surface area contributed by atoms with Gasteiger partial charge < -0.3 is 5.32 Å². The quantitative estimate of drug-likeness (QED) is 0.861. The fourth-order valence-electron chi connectivity index (χ4n) is 2.98. The summed E-state index contributed by atoms with van der Waals surface area (Å²) in [7, 11) is 0. The third kappa shape index (κ3) is 2.74. The van der Waals surface area contributed by atoms with Crippen molar-refractivity contribution in [1.29, 1.82) is 0 Å². The number of nitrogens with one attached hydrogen (secondary N) is 1. The van der Waals surface area contributed by atoms with Crippen LogP contribution in [0.4, 0.5) is 4.79 Å². The third-order valence-electron chi connectivity index (χ3n) is 3.84. The number of hydrogen-bond acceptors (Lipinski definition) is 5. The first-order chi connectivity index (χ1) is 10.8. The zero-order valence-corrected chi connectivity index (χ0v) is 14.0. The minimum Gasteiger partial charge on any atom is -0.323 e. The van der Waals surface area contributed by atoms with E-state index < -0.39 is 11.6 Å². The van der Waals surface area contributed by atoms with Gasteiger partial charge in [-0.05, 0) is 19.3 Å². The van der Waals surface area contributed by atoms with Crippen LogP contribution in [0.25, 0.3) is 4.96 Å². The van der Waals surface area contributed by atoms with Crippen molar-refractivity contribution in [2.24, 2.45) is 5.92 Å². The molecule has 23 heavy (non-hydrogen) atoms. The summed E-state index contributed by atoms with van der Waals surface area (Å²) >= 11 is 1.33. The average molecular weight is 334 g/mol. The molecule has 1 saturated heterocycles. The van der Waals surface area contributed by atoms with E-state index in [4.69, 9.17) is 0 Å². The number of aromatic nitrogens is 2. The highest BCUT2D eigenvalue weighted by molar-refractivity contribution is 7.15. The van der Waals surface area contributed by atoms with E-state index in [-0.39, 0.29) is 23.9 Å². The first-order valence-corrected chi connectivity index (χ1v) is 8.28. The minimum atomic E-state index is -0.896. The molecule has 0 unspecified atom stereocenters. The minimum absolute atomic E-state index is 0.00198. The molecule has 0 radical (unpaired) electrons. The predicted octanol–water partition coefficient (Wildman–Crippen LogP) is 1.61. The molecule has 0 spiro atoms. The van der Waals surface area contributed by atoms with Crippen LogP contribution >= 0.6 is 11.3 Å². The molecule has 122 valence electrons. The van der Waals surface area contributed by atoms with Crippen LogP contribution in [-0.4, -0.2) is 31.8 Å². The van der Waals surface area contributed by atoms with E-state index in [1.807, 2.05) is 13.8 Å². The number of thiazole rings is 1. The molecule has 3 amide bonds. The second-order valence-electron chi connectivity index (χ2n) is 6.39. The van der Waals surface area contributed by atoms with Gasteiger partial charge in [-0.2, -0.15) is 0 Å². The Kier molecular flexibility index (Phi) is 3.71. The second kappa shape index (κ2) is 5.45. The molecule has 1 atom stereocenters. The fourth-order valence-corrected chi connectivity index (χ4v) is 3.71. The van der Waals surface area contributed by atoms with Crippen molar-refractivity contribution >= 4 is 28.2 Å². The predicted molar refractivity (Wildman–Crippen MR) is 86.3 cm³/mol. The number of rotatable bonds is 4. The SMILES string of the molecule is CC(C)C[C@@]1(C)NC(=O)N(Cc2cc(=O)n3ccsc3n2)C1=O. The number of urea groups is 1. The summed E-state index contributed by atoms with van der Waals surface area (Å²) in [6.45, 7) is 5.74. The van der Waals surface area contributed by atoms with Crippen LogP contribution in [0, 0.1) is 5.92 Å². The van der Waals surface area contributed by atoms with Crippen molar-refractivity contribution < 1.29 is 9.59 Å². The van der Waals surface area contributed by atoms with E-state index in [2.05, 4.69) is 10.3 Å². The van der Waals surface area contributed by atoms with Gasteiger partial charge >= 0.3 is 6.03 Å². The average Bonchev–Trinajstić information content (AvgIpc) is 2.98. The van der Waals surface area contributed by atoms with E-state index in [0.29, 0.717) is 17.1 Å². The standard InChI is InChI=1S/C15H18N4O3S/c1-9(2)7-15(3)12(21)19(13(22)17-15)8-10-6-11(20)18-4-5-23-14(18)16-10/h4-6,9H,7-8H2,1-3H3,(H,17,22)/t15-/m1/s1. The van der Waals surface area contributed by atoms with Crippen molar-refractivity contribution in [2.45, 2.75) is 39.3 Å². The Morgan fingerprint density at radius 3 is 2.78 bits per heavy atom. The molecular formula is C15H18N4O3S. The number of fused-ring (bicyclic) bond motifs is 1. The van der Waals surface area contributed by atoms with Crippen LogP contribution in [0.1, 0.15) is 32.9 Å². The van der Waals surface area contributed by atoms with Gasteiger partial charge in [-0.1, -0.05) is 13.8 Å². The molecule has 0 bridgehead atoms. The van der Waals surface area contributed by atoms with Crippen LogP contribution in [0.2, 0.25) is 0 Å². The van der Waals surface area contributed by atoms with Gasteiger partial charge in [-0.15, -0.1) is 11.3 Å². The van der Waals surface area contributed by atoms with Crippen LogP contribution in [0.5, 0.6) is 0 Å². The number of nitrogens with zero attached hydrogens (tertiary/aromatic N) is 3. The lowest BCUT2D eigenvalue weighted by molar-refractivity contribution is -0.131. The Morgan fingerprint density at radius 1 is 1.35 bits per heavy atom. The maximum Gasteiger partial charge on any atom is 0.325 e. The lowest BCUT2D eigenvalue weighted by Crippen LogP contribution is -2.44. The van der Waals surface area contributed by atoms with Gasteiger partial charge in [0.2, 0.25) is 0 Å². The van der Waals surface area contributed by atoms with Gasteiger partial charge in [0.25, 0.3) is 11.5 Å². The molecular weight excluding hydrogens is 316 g/mol. The molecule has 0 aliphatic carbocycles. The lowest BCUT2D eigenvalue weighted by Gasteiger charge is -2.23. The molecule has 1 N–H and O–H groups in total. The molecule has 2 aromatic rings. The summed E-state index contributed by atoms with van der Waals surface area (Å²) < 4.78 is 1.43. The lowest BCUT2D eigenvalue weighted by atomic mass is 9.91. The first-order valence-electron chi connectivity index (χ1n) is 7.40. The van der Waals surface area contributed by atoms with Crippen LogP contribution < -0.4 is 10.9 Å². The molecule has 3 rings (SSSR count). The summed E-state index contributed by atoms with van der Waals surface area (Å²) in [5, 5.41) is 4.52. The maximum absolute atomic E-state index is 12.6. The van der Waals surface area contributed by atoms with E-state index in [1.54, 1.807) is 18.5 Å². The van der Waals surface area contributed by atoms with Crippen LogP contribution in [-0.2, 0) is 11.3 Å². The van der Waals surface area contributed by atoms with Gasteiger partial charge in [0.15, 0.2) is 4.96 Å². The number of amides is 3. The highest BCUT2D eigenvalue weighted by Gasteiger charge is 2.47. The molecule has 0 saturated carbocycles. The van der Waals surface area contributed by atoms with Crippen molar-refractivity contribution in [3.8, 4) is 0 Å². The Balaban J connectivity index is 1.88. The summed E-state index contributed by atoms with van der Waals surface area (Å²) in [4.78, 5) is 42.8. The van der Waals surface area contributed by atoms with Crippen molar-refractivity contribution in [3.05, 3.63) is 33.7 Å². The van der Waals surface area contributed by atoms with Crippen molar-refractivity contribution in [1.82, 2.24) is 19.6 Å². The molecule has 3 heterocycles. The van der Waals surface area contributed by atoms with Gasteiger partial charge in [0.05, 0.1) is 12.2 Å². The van der Waals surface area contributed by atoms with Gasteiger partial charge in [-0.25, -0.2) is 9.78 Å². The highest BCUT2D eigenvalue weighted by atomic mass is 32.1. The van der Waals surface area contributed by atoms with E-state index >= 15 is 0 Å². The monoisotopic (exact) mass is 334 g/mol. The van der Waals surface area contributed by atoms with Crippen molar-refractivity contribution in [2.75, 3.05) is 0 Å². The number of carbonyl (C=O) groups is 2. The number of imide groups is 1. The van der Waals surface area contributed by atoms with Crippen LogP contribution in [0.3, 0.4) is 0 Å². The zero-order chi connectivity index (χ0) is 16.8. The van der Waals surface area contributed by atoms with Gasteiger partial charge in [0.1, 0.15) is 5.54 Å². The van der Waals surface area contributed by atoms with Gasteiger partial charge in [-0.3, -0.25) is 18.9 Å².